The molecule has 3 amide bonds. The Morgan fingerprint density at radius 2 is 1.41 bits per heavy atom. The molecule has 5 atom stereocenters. The van der Waals surface area contributed by atoms with Crippen LogP contribution < -0.4 is 21.7 Å². The van der Waals surface area contributed by atoms with Crippen LogP contribution in [0.1, 0.15) is 19.8 Å². The molecule has 0 fully saturated rings. The summed E-state index contributed by atoms with van der Waals surface area (Å²) < 4.78 is 0. The molecule has 0 heterocycles. The number of hydrogen-bond acceptors (Lipinski definition) is 9. The molecule has 0 aromatic heterocycles. The van der Waals surface area contributed by atoms with Crippen LogP contribution in [0.25, 0.3) is 0 Å². The molecule has 9 N–H and O–H groups in total. The number of aliphatic hydroxyl groups is 2. The van der Waals surface area contributed by atoms with Crippen LogP contribution in [0.4, 0.5) is 0 Å². The van der Waals surface area contributed by atoms with Crippen LogP contribution in [0.2, 0.25) is 0 Å². The minimum absolute atomic E-state index is 0.248. The highest BCUT2D eigenvalue weighted by Crippen LogP contribution is 2.02. The molecular formula is C15H26N4O9S. The van der Waals surface area contributed by atoms with Crippen molar-refractivity contribution in [3.8, 4) is 0 Å². The third-order valence-electron chi connectivity index (χ3n) is 3.72. The molecule has 0 saturated carbocycles. The van der Waals surface area contributed by atoms with Crippen LogP contribution in [0, 0.1) is 0 Å². The number of rotatable bonds is 13. The fourth-order valence-electron chi connectivity index (χ4n) is 1.95. The molecule has 14 heteroatoms. The maximum Gasteiger partial charge on any atom is 0.327 e. The molecule has 166 valence electrons. The lowest BCUT2D eigenvalue weighted by Crippen LogP contribution is -2.59. The zero-order valence-corrected chi connectivity index (χ0v) is 16.5. The lowest BCUT2D eigenvalue weighted by Gasteiger charge is -2.24. The number of nitrogens with one attached hydrogen (secondary N) is 3. The maximum absolute atomic E-state index is 12.4. The normalized spacial score (nSPS) is 15.9. The molecule has 0 saturated heterocycles. The van der Waals surface area contributed by atoms with Gasteiger partial charge in [0.05, 0.1) is 12.7 Å². The van der Waals surface area contributed by atoms with Crippen molar-refractivity contribution in [2.75, 3.05) is 12.4 Å². The van der Waals surface area contributed by atoms with Crippen LogP contribution in [0.3, 0.4) is 0 Å². The van der Waals surface area contributed by atoms with E-state index in [2.05, 4.69) is 28.6 Å². The second-order valence-electron chi connectivity index (χ2n) is 6.09. The maximum atomic E-state index is 12.4. The molecule has 0 aromatic rings. The second kappa shape index (κ2) is 12.9. The van der Waals surface area contributed by atoms with Crippen molar-refractivity contribution < 1.29 is 44.4 Å². The summed E-state index contributed by atoms with van der Waals surface area (Å²) >= 11 is 3.77. The summed E-state index contributed by atoms with van der Waals surface area (Å²) in [6.45, 7) is 0.340. The first-order chi connectivity index (χ1) is 13.4. The standard InChI is InChI=1S/C15H26N4O9S/c1-6(21)11(16)14(26)17-7(2-3-10(22)23)12(24)18-8(4-20)13(25)19-9(5-29)15(27)28/h6-9,11,20-21,29H,2-5,16H2,1H3,(H,17,26)(H,18,24)(H,19,25)(H,22,23)(H,27,28). The minimum atomic E-state index is -1.57. The van der Waals surface area contributed by atoms with Gasteiger partial charge < -0.3 is 42.1 Å². The van der Waals surface area contributed by atoms with E-state index in [0.29, 0.717) is 0 Å². The highest BCUT2D eigenvalue weighted by Gasteiger charge is 2.30. The zero-order valence-electron chi connectivity index (χ0n) is 15.6. The average Bonchev–Trinajstić information content (AvgIpc) is 2.65. The number of amides is 3. The zero-order chi connectivity index (χ0) is 22.7. The number of aliphatic carboxylic acids is 2. The second-order valence-corrected chi connectivity index (χ2v) is 6.45. The molecule has 0 spiro atoms. The van der Waals surface area contributed by atoms with Gasteiger partial charge in [0.1, 0.15) is 24.2 Å². The van der Waals surface area contributed by atoms with Crippen molar-refractivity contribution >= 4 is 42.3 Å². The highest BCUT2D eigenvalue weighted by molar-refractivity contribution is 7.80. The van der Waals surface area contributed by atoms with E-state index in [1.807, 2.05) is 0 Å². The van der Waals surface area contributed by atoms with E-state index in [1.165, 1.54) is 6.92 Å². The fourth-order valence-corrected chi connectivity index (χ4v) is 2.20. The van der Waals surface area contributed by atoms with Crippen molar-refractivity contribution in [2.24, 2.45) is 5.73 Å². The first-order valence-corrected chi connectivity index (χ1v) is 9.08. The van der Waals surface area contributed by atoms with Gasteiger partial charge in [0.2, 0.25) is 17.7 Å². The molecule has 0 aromatic carbocycles. The minimum Gasteiger partial charge on any atom is -0.481 e. The molecule has 0 radical (unpaired) electrons. The largest absolute Gasteiger partial charge is 0.481 e. The Balaban J connectivity index is 5.23. The van der Waals surface area contributed by atoms with E-state index in [0.717, 1.165) is 0 Å². The van der Waals surface area contributed by atoms with Crippen LogP contribution >= 0.6 is 12.6 Å². The Morgan fingerprint density at radius 1 is 0.931 bits per heavy atom. The van der Waals surface area contributed by atoms with Gasteiger partial charge in [0.15, 0.2) is 0 Å². The lowest BCUT2D eigenvalue weighted by atomic mass is 10.1. The van der Waals surface area contributed by atoms with Crippen molar-refractivity contribution in [1.82, 2.24) is 16.0 Å². The molecule has 0 bridgehead atoms. The van der Waals surface area contributed by atoms with Gasteiger partial charge in [0.25, 0.3) is 0 Å². The van der Waals surface area contributed by atoms with E-state index < -0.39 is 73.0 Å². The number of carbonyl (C=O) groups is 5. The van der Waals surface area contributed by atoms with Crippen molar-refractivity contribution in [3.63, 3.8) is 0 Å². The third kappa shape index (κ3) is 9.56. The molecule has 0 rings (SSSR count). The predicted octanol–water partition coefficient (Wildman–Crippen LogP) is -3.98. The summed E-state index contributed by atoms with van der Waals surface area (Å²) in [6, 6.07) is -5.77. The van der Waals surface area contributed by atoms with Gasteiger partial charge in [-0.15, -0.1) is 0 Å². The number of carboxylic acid groups (broad SMARTS) is 2. The van der Waals surface area contributed by atoms with Gasteiger partial charge in [-0.3, -0.25) is 19.2 Å². The van der Waals surface area contributed by atoms with Crippen molar-refractivity contribution in [1.29, 1.82) is 0 Å². The summed E-state index contributed by atoms with van der Waals surface area (Å²) in [7, 11) is 0. The number of aliphatic hydroxyl groups excluding tert-OH is 2. The summed E-state index contributed by atoms with van der Waals surface area (Å²) in [5.41, 5.74) is 5.46. The molecule has 29 heavy (non-hydrogen) atoms. The van der Waals surface area contributed by atoms with Crippen LogP contribution in [-0.4, -0.2) is 92.7 Å². The van der Waals surface area contributed by atoms with E-state index in [4.69, 9.17) is 15.9 Å². The Bertz CT molecular complexity index is 617. The van der Waals surface area contributed by atoms with Crippen LogP contribution in [0.5, 0.6) is 0 Å². The van der Waals surface area contributed by atoms with Crippen LogP contribution in [-0.2, 0) is 24.0 Å². The monoisotopic (exact) mass is 438 g/mol. The Hall–Kier alpha value is -2.42. The van der Waals surface area contributed by atoms with E-state index in [-0.39, 0.29) is 12.2 Å². The number of carbonyl (C=O) groups excluding carboxylic acids is 3. The van der Waals surface area contributed by atoms with E-state index >= 15 is 0 Å². The molecule has 0 aliphatic rings. The van der Waals surface area contributed by atoms with Gasteiger partial charge in [-0.05, 0) is 13.3 Å². The molecular weight excluding hydrogens is 412 g/mol. The Kier molecular flexibility index (Phi) is 11.8. The Labute approximate surface area is 171 Å². The fraction of sp³-hybridized carbons (Fsp3) is 0.667. The smallest absolute Gasteiger partial charge is 0.327 e. The number of nitrogens with two attached hydrogens (primary N) is 1. The topological polar surface area (TPSA) is 228 Å². The van der Waals surface area contributed by atoms with Gasteiger partial charge >= 0.3 is 11.9 Å². The van der Waals surface area contributed by atoms with Crippen molar-refractivity contribution in [3.05, 3.63) is 0 Å². The average molecular weight is 438 g/mol. The number of carboxylic acids is 2. The van der Waals surface area contributed by atoms with Gasteiger partial charge in [-0.1, -0.05) is 0 Å². The number of hydrogen-bond donors (Lipinski definition) is 9. The lowest BCUT2D eigenvalue weighted by molar-refractivity contribution is -0.142. The summed E-state index contributed by atoms with van der Waals surface area (Å²) in [6.07, 6.45) is -2.13. The third-order valence-corrected chi connectivity index (χ3v) is 4.08. The van der Waals surface area contributed by atoms with Crippen LogP contribution in [0.15, 0.2) is 0 Å². The first kappa shape index (κ1) is 26.6. The predicted molar refractivity (Wildman–Crippen MR) is 101 cm³/mol. The molecule has 5 unspecified atom stereocenters. The number of thiol groups is 1. The molecule has 0 aliphatic heterocycles. The molecule has 0 aliphatic carbocycles. The van der Waals surface area contributed by atoms with Gasteiger partial charge in [-0.2, -0.15) is 12.6 Å². The van der Waals surface area contributed by atoms with E-state index in [9.17, 15) is 34.2 Å². The van der Waals surface area contributed by atoms with Gasteiger partial charge in [-0.25, -0.2) is 4.79 Å². The Morgan fingerprint density at radius 3 is 1.83 bits per heavy atom. The summed E-state index contributed by atoms with van der Waals surface area (Å²) in [4.78, 5) is 58.2. The van der Waals surface area contributed by atoms with Gasteiger partial charge in [0, 0.05) is 12.2 Å². The summed E-state index contributed by atoms with van der Waals surface area (Å²) in [5, 5.41) is 42.7. The first-order valence-electron chi connectivity index (χ1n) is 8.45. The highest BCUT2D eigenvalue weighted by atomic mass is 32.1. The van der Waals surface area contributed by atoms with E-state index in [1.54, 1.807) is 0 Å². The van der Waals surface area contributed by atoms with Crippen molar-refractivity contribution in [2.45, 2.75) is 50.0 Å². The molecule has 13 nitrogen and oxygen atoms in total. The SMILES string of the molecule is CC(O)C(N)C(=O)NC(CCC(=O)O)C(=O)NC(CO)C(=O)NC(CS)C(=O)O. The quantitative estimate of drug-likeness (QED) is 0.127. The summed E-state index contributed by atoms with van der Waals surface area (Å²) in [5.74, 6) is -5.85.